The number of nitrogens with zero attached hydrogens (tertiary/aromatic N) is 1. The lowest BCUT2D eigenvalue weighted by Crippen LogP contribution is -2.53. The Labute approximate surface area is 223 Å². The fraction of sp³-hybridized carbons (Fsp3) is 0.286. The quantitative estimate of drug-likeness (QED) is 0.227. The van der Waals surface area contributed by atoms with E-state index in [1.807, 2.05) is 36.4 Å². The minimum atomic E-state index is -1.18. The number of carbonyl (C=O) groups is 1. The lowest BCUT2D eigenvalue weighted by molar-refractivity contribution is -0.127. The van der Waals surface area contributed by atoms with Gasteiger partial charge in [0.15, 0.2) is 5.54 Å². The van der Waals surface area contributed by atoms with E-state index in [0.29, 0.717) is 49.6 Å². The van der Waals surface area contributed by atoms with Gasteiger partial charge in [-0.1, -0.05) is 46.3 Å². The third-order valence-corrected chi connectivity index (χ3v) is 6.48. The SMILES string of the molecule is O=C(NNCCc1ccccc1F)[C@]1(Cc2ccc(Br)cc2)COC(c2ccc(OCCCO)cc2)=N1. The van der Waals surface area contributed by atoms with E-state index < -0.39 is 5.54 Å². The summed E-state index contributed by atoms with van der Waals surface area (Å²) in [7, 11) is 0. The number of hydrazine groups is 1. The number of aliphatic imine (C=N–C) groups is 1. The van der Waals surface area contributed by atoms with Crippen LogP contribution in [0.2, 0.25) is 0 Å². The molecule has 3 N–H and O–H groups in total. The molecule has 1 atom stereocenters. The molecular formula is C28H29BrFN3O4. The first-order valence-electron chi connectivity index (χ1n) is 12.1. The topological polar surface area (TPSA) is 92.2 Å². The number of carbonyl (C=O) groups excluding carboxylic acids is 1. The van der Waals surface area contributed by atoms with E-state index >= 15 is 0 Å². The van der Waals surface area contributed by atoms with Crippen molar-refractivity contribution in [2.24, 2.45) is 4.99 Å². The lowest BCUT2D eigenvalue weighted by atomic mass is 9.91. The van der Waals surface area contributed by atoms with Crippen LogP contribution in [0.5, 0.6) is 5.75 Å². The van der Waals surface area contributed by atoms with Crippen LogP contribution in [0.25, 0.3) is 0 Å². The summed E-state index contributed by atoms with van der Waals surface area (Å²) in [6.07, 6.45) is 1.32. The molecule has 0 saturated carbocycles. The smallest absolute Gasteiger partial charge is 0.266 e. The number of benzene rings is 3. The number of hydrogen-bond donors (Lipinski definition) is 3. The molecule has 0 aromatic heterocycles. The van der Waals surface area contributed by atoms with Gasteiger partial charge in [0.2, 0.25) is 5.90 Å². The van der Waals surface area contributed by atoms with Gasteiger partial charge in [0.1, 0.15) is 18.2 Å². The third kappa shape index (κ3) is 7.15. The highest BCUT2D eigenvalue weighted by Gasteiger charge is 2.44. The molecule has 0 saturated heterocycles. The molecule has 0 spiro atoms. The number of aliphatic hydroxyl groups excluding tert-OH is 1. The minimum Gasteiger partial charge on any atom is -0.494 e. The monoisotopic (exact) mass is 569 g/mol. The van der Waals surface area contributed by atoms with E-state index in [4.69, 9.17) is 19.6 Å². The first-order valence-corrected chi connectivity index (χ1v) is 12.9. The van der Waals surface area contributed by atoms with Crippen LogP contribution in [0.1, 0.15) is 23.1 Å². The molecule has 1 aliphatic rings. The number of ether oxygens (including phenoxy) is 2. The standard InChI is InChI=1S/C28H29BrFN3O4/c29-23-10-6-20(7-11-23)18-28(27(35)33-31-15-14-21-4-1-2-5-25(21)30)19-37-26(32-28)22-8-12-24(13-9-22)36-17-3-16-34/h1-2,4-13,31,34H,3,14-19H2,(H,33,35)/t28-/m0/s1. The average Bonchev–Trinajstić information content (AvgIpc) is 3.34. The van der Waals surface area contributed by atoms with E-state index in [1.165, 1.54) is 6.07 Å². The second-order valence-corrected chi connectivity index (χ2v) is 9.63. The van der Waals surface area contributed by atoms with Crippen molar-refractivity contribution in [1.82, 2.24) is 10.9 Å². The molecule has 0 bridgehead atoms. The van der Waals surface area contributed by atoms with Gasteiger partial charge in [-0.15, -0.1) is 0 Å². The van der Waals surface area contributed by atoms with E-state index in [-0.39, 0.29) is 24.9 Å². The molecule has 0 radical (unpaired) electrons. The van der Waals surface area contributed by atoms with Gasteiger partial charge in [0.25, 0.3) is 5.91 Å². The molecule has 194 valence electrons. The molecule has 0 fully saturated rings. The van der Waals surface area contributed by atoms with Gasteiger partial charge >= 0.3 is 0 Å². The van der Waals surface area contributed by atoms with E-state index in [2.05, 4.69) is 26.8 Å². The van der Waals surface area contributed by atoms with Crippen LogP contribution in [-0.2, 0) is 22.4 Å². The van der Waals surface area contributed by atoms with Crippen molar-refractivity contribution in [2.75, 3.05) is 26.4 Å². The highest BCUT2D eigenvalue weighted by Crippen LogP contribution is 2.28. The molecule has 7 nitrogen and oxygen atoms in total. The van der Waals surface area contributed by atoms with Crippen molar-refractivity contribution in [3.8, 4) is 5.75 Å². The Hall–Kier alpha value is -3.27. The summed E-state index contributed by atoms with van der Waals surface area (Å²) < 4.78 is 26.3. The summed E-state index contributed by atoms with van der Waals surface area (Å²) in [5.41, 5.74) is 6.72. The molecule has 3 aromatic rings. The number of aliphatic hydroxyl groups is 1. The fourth-order valence-corrected chi connectivity index (χ4v) is 4.19. The number of nitrogens with one attached hydrogen (secondary N) is 2. The van der Waals surface area contributed by atoms with Crippen LogP contribution in [0.15, 0.2) is 82.3 Å². The summed E-state index contributed by atoms with van der Waals surface area (Å²) in [5.74, 6) is 0.447. The maximum Gasteiger partial charge on any atom is 0.266 e. The van der Waals surface area contributed by atoms with Gasteiger partial charge in [-0.3, -0.25) is 10.2 Å². The highest BCUT2D eigenvalue weighted by molar-refractivity contribution is 9.10. The van der Waals surface area contributed by atoms with Crippen molar-refractivity contribution in [2.45, 2.75) is 24.8 Å². The van der Waals surface area contributed by atoms with Crippen molar-refractivity contribution < 1.29 is 23.8 Å². The number of amides is 1. The predicted molar refractivity (Wildman–Crippen MR) is 143 cm³/mol. The van der Waals surface area contributed by atoms with Gasteiger partial charge in [0, 0.05) is 36.0 Å². The van der Waals surface area contributed by atoms with Crippen molar-refractivity contribution in [3.05, 3.63) is 99.8 Å². The van der Waals surface area contributed by atoms with E-state index in [1.54, 1.807) is 30.3 Å². The normalized spacial score (nSPS) is 16.7. The zero-order valence-corrected chi connectivity index (χ0v) is 21.8. The molecule has 4 rings (SSSR count). The minimum absolute atomic E-state index is 0.0727. The van der Waals surface area contributed by atoms with Crippen LogP contribution in [-0.4, -0.2) is 48.8 Å². The van der Waals surface area contributed by atoms with Gasteiger partial charge in [-0.25, -0.2) is 14.8 Å². The lowest BCUT2D eigenvalue weighted by Gasteiger charge is -2.23. The first kappa shape index (κ1) is 26.8. The van der Waals surface area contributed by atoms with Crippen LogP contribution >= 0.6 is 15.9 Å². The Morgan fingerprint density at radius 1 is 1.11 bits per heavy atom. The number of halogens is 2. The average molecular weight is 570 g/mol. The summed E-state index contributed by atoms with van der Waals surface area (Å²) in [4.78, 5) is 18.2. The number of hydrogen-bond acceptors (Lipinski definition) is 6. The van der Waals surface area contributed by atoms with Gasteiger partial charge in [-0.2, -0.15) is 0 Å². The second kappa shape index (κ2) is 12.8. The Bertz CT molecular complexity index is 1220. The van der Waals surface area contributed by atoms with Crippen molar-refractivity contribution in [3.63, 3.8) is 0 Å². The molecule has 3 aromatic carbocycles. The molecule has 9 heteroatoms. The summed E-state index contributed by atoms with van der Waals surface area (Å²) in [6.45, 7) is 0.932. The zero-order chi connectivity index (χ0) is 26.1. The third-order valence-electron chi connectivity index (χ3n) is 5.95. The molecule has 1 heterocycles. The fourth-order valence-electron chi connectivity index (χ4n) is 3.93. The Balaban J connectivity index is 1.47. The van der Waals surface area contributed by atoms with Crippen molar-refractivity contribution >= 4 is 27.7 Å². The van der Waals surface area contributed by atoms with Crippen LogP contribution in [0, 0.1) is 5.82 Å². The maximum absolute atomic E-state index is 13.9. The van der Waals surface area contributed by atoms with Gasteiger partial charge < -0.3 is 14.6 Å². The van der Waals surface area contributed by atoms with Crippen LogP contribution in [0.3, 0.4) is 0 Å². The van der Waals surface area contributed by atoms with Gasteiger partial charge in [-0.05, 0) is 60.0 Å². The first-order chi connectivity index (χ1) is 18.0. The van der Waals surface area contributed by atoms with Crippen LogP contribution < -0.4 is 15.6 Å². The zero-order valence-electron chi connectivity index (χ0n) is 20.3. The summed E-state index contributed by atoms with van der Waals surface area (Å²) in [5, 5.41) is 8.91. The Morgan fingerprint density at radius 2 is 1.86 bits per heavy atom. The maximum atomic E-state index is 13.9. The Morgan fingerprint density at radius 3 is 2.59 bits per heavy atom. The van der Waals surface area contributed by atoms with Gasteiger partial charge in [0.05, 0.1) is 6.61 Å². The second-order valence-electron chi connectivity index (χ2n) is 8.71. The Kier molecular flexibility index (Phi) is 9.27. The summed E-state index contributed by atoms with van der Waals surface area (Å²) >= 11 is 3.44. The number of rotatable bonds is 12. The molecule has 0 aliphatic carbocycles. The molecule has 37 heavy (non-hydrogen) atoms. The van der Waals surface area contributed by atoms with Crippen molar-refractivity contribution in [1.29, 1.82) is 0 Å². The molecule has 0 unspecified atom stereocenters. The van der Waals surface area contributed by atoms with E-state index in [9.17, 15) is 9.18 Å². The largest absolute Gasteiger partial charge is 0.494 e. The molecule has 1 aliphatic heterocycles. The highest BCUT2D eigenvalue weighted by atomic mass is 79.9. The van der Waals surface area contributed by atoms with E-state index in [0.717, 1.165) is 15.6 Å². The summed E-state index contributed by atoms with van der Waals surface area (Å²) in [6, 6.07) is 21.5. The molecular weight excluding hydrogens is 541 g/mol. The van der Waals surface area contributed by atoms with Crippen LogP contribution in [0.4, 0.5) is 4.39 Å². The predicted octanol–water partition coefficient (Wildman–Crippen LogP) is 3.97. The molecule has 1 amide bonds.